The number of phenols is 1. The fraction of sp³-hybridized carbons (Fsp3) is 0.0625. The maximum Gasteiger partial charge on any atom is 0.271 e. The molecule has 2 aromatic carbocycles. The number of nitrogens with one attached hydrogen (secondary N) is 1. The first-order valence-electron chi connectivity index (χ1n) is 7.19. The lowest BCUT2D eigenvalue weighted by Gasteiger charge is -2.04. The summed E-state index contributed by atoms with van der Waals surface area (Å²) in [4.78, 5) is 32.7. The van der Waals surface area contributed by atoms with Gasteiger partial charge in [0, 0.05) is 23.3 Å². The molecule has 0 spiro atoms. The minimum atomic E-state index is -0.620. The molecule has 26 heavy (non-hydrogen) atoms. The lowest BCUT2D eigenvalue weighted by molar-refractivity contribution is -0.384. The van der Waals surface area contributed by atoms with Crippen LogP contribution in [0.4, 0.5) is 5.69 Å². The first kappa shape index (κ1) is 18.4. The van der Waals surface area contributed by atoms with Gasteiger partial charge >= 0.3 is 0 Å². The number of carbonyl (C=O) groups is 2. The number of nitrogens with zero attached hydrogens (tertiary/aromatic N) is 2. The molecule has 10 nitrogen and oxygen atoms in total. The van der Waals surface area contributed by atoms with E-state index in [2.05, 4.69) is 10.5 Å². The normalized spacial score (nSPS) is 10.5. The van der Waals surface area contributed by atoms with E-state index in [-0.39, 0.29) is 29.2 Å². The van der Waals surface area contributed by atoms with Crippen molar-refractivity contribution in [1.29, 1.82) is 0 Å². The molecule has 10 heteroatoms. The molecule has 134 valence electrons. The average molecular weight is 358 g/mol. The third-order valence-electron chi connectivity index (χ3n) is 3.09. The first-order chi connectivity index (χ1) is 12.4. The quantitative estimate of drug-likeness (QED) is 0.379. The summed E-state index contributed by atoms with van der Waals surface area (Å²) in [7, 11) is 0. The molecule has 0 atom stereocenters. The highest BCUT2D eigenvalue weighted by Crippen LogP contribution is 2.21. The van der Waals surface area contributed by atoms with E-state index in [4.69, 9.17) is 10.5 Å². The SMILES string of the molecule is NC(=O)COc1ccc(C(=O)NN=Cc2cc([N+](=O)[O-])ccc2O)cc1. The molecular weight excluding hydrogens is 344 g/mol. The van der Waals surface area contributed by atoms with Gasteiger partial charge in [-0.3, -0.25) is 19.7 Å². The van der Waals surface area contributed by atoms with Crippen LogP contribution in [0.1, 0.15) is 15.9 Å². The van der Waals surface area contributed by atoms with Gasteiger partial charge in [0.1, 0.15) is 11.5 Å². The Hall–Kier alpha value is -3.95. The van der Waals surface area contributed by atoms with Crippen molar-refractivity contribution in [2.75, 3.05) is 6.61 Å². The largest absolute Gasteiger partial charge is 0.507 e. The van der Waals surface area contributed by atoms with Crippen LogP contribution < -0.4 is 15.9 Å². The predicted octanol–water partition coefficient (Wildman–Crippen LogP) is 0.928. The summed E-state index contributed by atoms with van der Waals surface area (Å²) in [5, 5.41) is 24.0. The van der Waals surface area contributed by atoms with Crippen LogP contribution in [0.15, 0.2) is 47.6 Å². The molecular formula is C16H14N4O6. The number of hydrogen-bond acceptors (Lipinski definition) is 7. The molecule has 2 rings (SSSR count). The number of aromatic hydroxyl groups is 1. The van der Waals surface area contributed by atoms with Gasteiger partial charge in [-0.15, -0.1) is 0 Å². The fourth-order valence-electron chi connectivity index (χ4n) is 1.84. The molecule has 0 bridgehead atoms. The van der Waals surface area contributed by atoms with Gasteiger partial charge in [-0.05, 0) is 30.3 Å². The molecule has 0 aliphatic carbocycles. The average Bonchev–Trinajstić information content (AvgIpc) is 2.61. The van der Waals surface area contributed by atoms with Crippen LogP contribution in [-0.2, 0) is 4.79 Å². The van der Waals surface area contributed by atoms with Crippen molar-refractivity contribution >= 4 is 23.7 Å². The van der Waals surface area contributed by atoms with E-state index in [1.165, 1.54) is 24.3 Å². The Morgan fingerprint density at radius 1 is 1.27 bits per heavy atom. The van der Waals surface area contributed by atoms with Gasteiger partial charge in [-0.2, -0.15) is 5.10 Å². The Morgan fingerprint density at radius 2 is 1.96 bits per heavy atom. The number of nitrogens with two attached hydrogens (primary N) is 1. The second-order valence-electron chi connectivity index (χ2n) is 4.98. The minimum absolute atomic E-state index is 0.0784. The Bertz CT molecular complexity index is 864. The number of ether oxygens (including phenoxy) is 1. The van der Waals surface area contributed by atoms with Crippen molar-refractivity contribution in [3.63, 3.8) is 0 Å². The third-order valence-corrected chi connectivity index (χ3v) is 3.09. The van der Waals surface area contributed by atoms with Crippen LogP contribution in [0.2, 0.25) is 0 Å². The summed E-state index contributed by atoms with van der Waals surface area (Å²) < 4.78 is 5.07. The van der Waals surface area contributed by atoms with Crippen LogP contribution in [0, 0.1) is 10.1 Å². The number of benzene rings is 2. The van der Waals surface area contributed by atoms with E-state index in [1.54, 1.807) is 0 Å². The Morgan fingerprint density at radius 3 is 2.58 bits per heavy atom. The standard InChI is InChI=1S/C16H14N4O6/c17-15(22)9-26-13-4-1-10(2-5-13)16(23)19-18-8-11-7-12(20(24)25)3-6-14(11)21/h1-8,21H,9H2,(H2,17,22)(H,19,23). The highest BCUT2D eigenvalue weighted by Gasteiger charge is 2.09. The number of hydrazone groups is 1. The highest BCUT2D eigenvalue weighted by molar-refractivity contribution is 5.95. The van der Waals surface area contributed by atoms with E-state index in [0.717, 1.165) is 24.4 Å². The van der Waals surface area contributed by atoms with Gasteiger partial charge in [-0.25, -0.2) is 5.43 Å². The number of non-ortho nitro benzene ring substituents is 1. The van der Waals surface area contributed by atoms with Gasteiger partial charge in [-0.1, -0.05) is 0 Å². The second kappa shape index (κ2) is 8.24. The van der Waals surface area contributed by atoms with Crippen molar-refractivity contribution in [1.82, 2.24) is 5.43 Å². The Labute approximate surface area is 147 Å². The number of phenolic OH excluding ortho intramolecular Hbond substituents is 1. The number of hydrogen-bond donors (Lipinski definition) is 3. The Kier molecular flexibility index (Phi) is 5.83. The predicted molar refractivity (Wildman–Crippen MR) is 91.0 cm³/mol. The monoisotopic (exact) mass is 358 g/mol. The zero-order valence-corrected chi connectivity index (χ0v) is 13.3. The summed E-state index contributed by atoms with van der Waals surface area (Å²) >= 11 is 0. The van der Waals surface area contributed by atoms with Gasteiger partial charge in [0.2, 0.25) is 0 Å². The summed E-state index contributed by atoms with van der Waals surface area (Å²) in [5.41, 5.74) is 7.31. The number of amides is 2. The number of primary amides is 1. The summed E-state index contributed by atoms with van der Waals surface area (Å²) in [5.74, 6) is -1.02. The van der Waals surface area contributed by atoms with Crippen LogP contribution >= 0.6 is 0 Å². The van der Waals surface area contributed by atoms with E-state index < -0.39 is 16.7 Å². The lowest BCUT2D eigenvalue weighted by atomic mass is 10.2. The molecule has 4 N–H and O–H groups in total. The van der Waals surface area contributed by atoms with Crippen molar-refractivity contribution in [3.8, 4) is 11.5 Å². The maximum atomic E-state index is 12.0. The van der Waals surface area contributed by atoms with Crippen LogP contribution in [0.3, 0.4) is 0 Å². The minimum Gasteiger partial charge on any atom is -0.507 e. The van der Waals surface area contributed by atoms with Crippen LogP contribution in [-0.4, -0.2) is 34.7 Å². The maximum absolute atomic E-state index is 12.0. The number of carbonyl (C=O) groups excluding carboxylic acids is 2. The van der Waals surface area contributed by atoms with Gasteiger partial charge in [0.15, 0.2) is 6.61 Å². The van der Waals surface area contributed by atoms with Crippen molar-refractivity contribution in [2.24, 2.45) is 10.8 Å². The number of nitro benzene ring substituents is 1. The van der Waals surface area contributed by atoms with Crippen molar-refractivity contribution in [2.45, 2.75) is 0 Å². The molecule has 0 aliphatic heterocycles. The summed E-state index contributed by atoms with van der Waals surface area (Å²) in [6.45, 7) is -0.275. The zero-order chi connectivity index (χ0) is 19.1. The van der Waals surface area contributed by atoms with Crippen LogP contribution in [0.25, 0.3) is 0 Å². The molecule has 0 aliphatic rings. The van der Waals surface area contributed by atoms with Crippen molar-refractivity contribution in [3.05, 3.63) is 63.7 Å². The summed E-state index contributed by atoms with van der Waals surface area (Å²) in [6, 6.07) is 9.29. The Balaban J connectivity index is 2.00. The van der Waals surface area contributed by atoms with Crippen LogP contribution in [0.5, 0.6) is 11.5 Å². The van der Waals surface area contributed by atoms with E-state index in [0.29, 0.717) is 5.75 Å². The lowest BCUT2D eigenvalue weighted by Crippen LogP contribution is -2.20. The molecule has 2 aromatic rings. The molecule has 0 aromatic heterocycles. The van der Waals surface area contributed by atoms with Gasteiger partial charge < -0.3 is 15.6 Å². The van der Waals surface area contributed by atoms with E-state index in [1.807, 2.05) is 0 Å². The molecule has 0 radical (unpaired) electrons. The molecule has 0 saturated carbocycles. The molecule has 2 amide bonds. The molecule has 0 saturated heterocycles. The van der Waals surface area contributed by atoms with Gasteiger partial charge in [0.05, 0.1) is 11.1 Å². The molecule has 0 heterocycles. The highest BCUT2D eigenvalue weighted by atomic mass is 16.6. The third kappa shape index (κ3) is 5.03. The number of nitro groups is 1. The number of rotatable bonds is 7. The molecule has 0 fully saturated rings. The zero-order valence-electron chi connectivity index (χ0n) is 13.3. The summed E-state index contributed by atoms with van der Waals surface area (Å²) in [6.07, 6.45) is 1.09. The van der Waals surface area contributed by atoms with Gasteiger partial charge in [0.25, 0.3) is 17.5 Å². The second-order valence-corrected chi connectivity index (χ2v) is 4.98. The first-order valence-corrected chi connectivity index (χ1v) is 7.19. The van der Waals surface area contributed by atoms with Crippen molar-refractivity contribution < 1.29 is 24.4 Å². The molecule has 0 unspecified atom stereocenters. The van der Waals surface area contributed by atoms with E-state index in [9.17, 15) is 24.8 Å². The fourth-order valence-corrected chi connectivity index (χ4v) is 1.84. The topological polar surface area (TPSA) is 157 Å². The smallest absolute Gasteiger partial charge is 0.271 e. The van der Waals surface area contributed by atoms with E-state index >= 15 is 0 Å².